The lowest BCUT2D eigenvalue weighted by Crippen LogP contribution is -2.17. The molecule has 2 aromatic rings. The molecule has 21 heavy (non-hydrogen) atoms. The third-order valence-electron chi connectivity index (χ3n) is 3.03. The molecule has 0 amide bonds. The van der Waals surface area contributed by atoms with Crippen LogP contribution in [0.25, 0.3) is 0 Å². The van der Waals surface area contributed by atoms with Crippen molar-refractivity contribution in [2.45, 2.75) is 19.9 Å². The largest absolute Gasteiger partial charge is 0.456 e. The van der Waals surface area contributed by atoms with E-state index in [2.05, 4.69) is 41.2 Å². The molecule has 1 atom stereocenters. The van der Waals surface area contributed by atoms with E-state index in [-0.39, 0.29) is 0 Å². The normalized spacial score (nSPS) is 12.2. The summed E-state index contributed by atoms with van der Waals surface area (Å²) in [5, 5.41) is 4.47. The summed E-state index contributed by atoms with van der Waals surface area (Å²) in [5.41, 5.74) is 1.19. The van der Waals surface area contributed by atoms with Gasteiger partial charge in [0.25, 0.3) is 0 Å². The summed E-state index contributed by atoms with van der Waals surface area (Å²) in [5.74, 6) is 1.33. The van der Waals surface area contributed by atoms with E-state index in [0.29, 0.717) is 21.8 Å². The molecule has 0 aliphatic rings. The van der Waals surface area contributed by atoms with Crippen molar-refractivity contribution in [2.75, 3.05) is 6.54 Å². The van der Waals surface area contributed by atoms with Crippen LogP contribution >= 0.6 is 39.1 Å². The van der Waals surface area contributed by atoms with E-state index in [1.165, 1.54) is 5.56 Å². The number of hydrogen-bond acceptors (Lipinski definition) is 2. The van der Waals surface area contributed by atoms with Crippen LogP contribution in [0.1, 0.15) is 25.5 Å². The third-order valence-corrected chi connectivity index (χ3v) is 4.09. The molecule has 0 aliphatic heterocycles. The molecule has 0 aromatic heterocycles. The molecule has 0 fully saturated rings. The number of ether oxygens (including phenoxy) is 1. The van der Waals surface area contributed by atoms with Crippen molar-refractivity contribution in [1.82, 2.24) is 5.32 Å². The van der Waals surface area contributed by atoms with Crippen LogP contribution in [0.15, 0.2) is 40.9 Å². The van der Waals surface area contributed by atoms with E-state index in [9.17, 15) is 0 Å². The monoisotopic (exact) mass is 387 g/mol. The van der Waals surface area contributed by atoms with Gasteiger partial charge in [-0.25, -0.2) is 0 Å². The van der Waals surface area contributed by atoms with Gasteiger partial charge >= 0.3 is 0 Å². The Morgan fingerprint density at radius 1 is 1.14 bits per heavy atom. The maximum atomic E-state index is 5.97. The number of nitrogens with one attached hydrogen (secondary N) is 1. The Balaban J connectivity index is 2.21. The number of benzene rings is 2. The van der Waals surface area contributed by atoms with Gasteiger partial charge in [0.1, 0.15) is 11.5 Å². The van der Waals surface area contributed by atoms with Gasteiger partial charge < -0.3 is 10.1 Å². The molecule has 2 aromatic carbocycles. The smallest absolute Gasteiger partial charge is 0.141 e. The zero-order valence-corrected chi connectivity index (χ0v) is 14.9. The van der Waals surface area contributed by atoms with E-state index >= 15 is 0 Å². The summed E-state index contributed by atoms with van der Waals surface area (Å²) in [6.07, 6.45) is 0. The molecule has 1 unspecified atom stereocenters. The van der Waals surface area contributed by atoms with Gasteiger partial charge in [-0.2, -0.15) is 0 Å². The van der Waals surface area contributed by atoms with Crippen molar-refractivity contribution < 1.29 is 4.74 Å². The van der Waals surface area contributed by atoms with Crippen LogP contribution in [0.3, 0.4) is 0 Å². The predicted molar refractivity (Wildman–Crippen MR) is 92.8 cm³/mol. The second kappa shape index (κ2) is 7.50. The topological polar surface area (TPSA) is 21.3 Å². The Bertz CT molecular complexity index is 613. The molecule has 0 bridgehead atoms. The Morgan fingerprint density at radius 2 is 1.81 bits per heavy atom. The molecular weight excluding hydrogens is 373 g/mol. The first kappa shape index (κ1) is 16.6. The maximum Gasteiger partial charge on any atom is 0.141 e. The van der Waals surface area contributed by atoms with Gasteiger partial charge in [-0.15, -0.1) is 0 Å². The molecule has 0 heterocycles. The Morgan fingerprint density at radius 3 is 2.38 bits per heavy atom. The molecule has 0 radical (unpaired) electrons. The average Bonchev–Trinajstić information content (AvgIpc) is 2.40. The van der Waals surface area contributed by atoms with E-state index < -0.39 is 0 Å². The predicted octanol–water partition coefficient (Wildman–Crippen LogP) is 6.22. The van der Waals surface area contributed by atoms with Crippen molar-refractivity contribution in [2.24, 2.45) is 0 Å². The summed E-state index contributed by atoms with van der Waals surface area (Å²) >= 11 is 15.5. The van der Waals surface area contributed by atoms with Crippen LogP contribution in [0.2, 0.25) is 10.0 Å². The first-order valence-electron chi connectivity index (χ1n) is 6.66. The molecule has 2 nitrogen and oxygen atoms in total. The SMILES string of the molecule is CCNC(C)c1ccc(Oc2cc(Cl)cc(Cl)c2)c(Br)c1. The highest BCUT2D eigenvalue weighted by Crippen LogP contribution is 2.34. The van der Waals surface area contributed by atoms with E-state index in [0.717, 1.165) is 16.8 Å². The summed E-state index contributed by atoms with van der Waals surface area (Å²) in [6.45, 7) is 5.15. The number of halogens is 3. The van der Waals surface area contributed by atoms with Gasteiger partial charge in [0.05, 0.1) is 4.47 Å². The maximum absolute atomic E-state index is 5.97. The van der Waals surface area contributed by atoms with Crippen molar-refractivity contribution in [3.05, 3.63) is 56.5 Å². The summed E-state index contributed by atoms with van der Waals surface area (Å²) < 4.78 is 6.72. The molecule has 0 aliphatic carbocycles. The second-order valence-corrected chi connectivity index (χ2v) is 6.40. The minimum Gasteiger partial charge on any atom is -0.456 e. The fourth-order valence-electron chi connectivity index (χ4n) is 2.01. The van der Waals surface area contributed by atoms with Gasteiger partial charge in [-0.1, -0.05) is 36.2 Å². The van der Waals surface area contributed by atoms with Crippen molar-refractivity contribution >= 4 is 39.1 Å². The van der Waals surface area contributed by atoms with Crippen LogP contribution in [-0.4, -0.2) is 6.54 Å². The minimum absolute atomic E-state index is 0.293. The summed E-state index contributed by atoms with van der Waals surface area (Å²) in [4.78, 5) is 0. The minimum atomic E-state index is 0.293. The second-order valence-electron chi connectivity index (χ2n) is 4.68. The number of rotatable bonds is 5. The lowest BCUT2D eigenvalue weighted by molar-refractivity contribution is 0.479. The van der Waals surface area contributed by atoms with Crippen molar-refractivity contribution in [3.63, 3.8) is 0 Å². The third kappa shape index (κ3) is 4.62. The number of hydrogen-bond donors (Lipinski definition) is 1. The summed E-state index contributed by atoms with van der Waals surface area (Å²) in [7, 11) is 0. The fourth-order valence-corrected chi connectivity index (χ4v) is 2.99. The fraction of sp³-hybridized carbons (Fsp3) is 0.250. The van der Waals surface area contributed by atoms with Crippen LogP contribution in [-0.2, 0) is 0 Å². The lowest BCUT2D eigenvalue weighted by atomic mass is 10.1. The van der Waals surface area contributed by atoms with Gasteiger partial charge in [0, 0.05) is 16.1 Å². The van der Waals surface area contributed by atoms with Gasteiger partial charge in [0.2, 0.25) is 0 Å². The van der Waals surface area contributed by atoms with Crippen LogP contribution in [0.4, 0.5) is 0 Å². The highest BCUT2D eigenvalue weighted by molar-refractivity contribution is 9.10. The van der Waals surface area contributed by atoms with Crippen LogP contribution in [0.5, 0.6) is 11.5 Å². The molecule has 0 saturated carbocycles. The molecule has 1 N–H and O–H groups in total. The Labute approximate surface area is 143 Å². The molecule has 2 rings (SSSR count). The Kier molecular flexibility index (Phi) is 5.94. The van der Waals surface area contributed by atoms with Crippen molar-refractivity contribution in [3.8, 4) is 11.5 Å². The highest BCUT2D eigenvalue weighted by atomic mass is 79.9. The van der Waals surface area contributed by atoms with Gasteiger partial charge in [-0.3, -0.25) is 0 Å². The Hall–Kier alpha value is -0.740. The lowest BCUT2D eigenvalue weighted by Gasteiger charge is -2.15. The van der Waals surface area contributed by atoms with Crippen LogP contribution < -0.4 is 10.1 Å². The van der Waals surface area contributed by atoms with E-state index in [1.54, 1.807) is 18.2 Å². The first-order chi connectivity index (χ1) is 9.99. The van der Waals surface area contributed by atoms with E-state index in [1.807, 2.05) is 12.1 Å². The highest BCUT2D eigenvalue weighted by Gasteiger charge is 2.09. The first-order valence-corrected chi connectivity index (χ1v) is 8.21. The van der Waals surface area contributed by atoms with Gasteiger partial charge in [-0.05, 0) is 65.3 Å². The zero-order valence-electron chi connectivity index (χ0n) is 11.8. The molecular formula is C16H16BrCl2NO. The quantitative estimate of drug-likeness (QED) is 0.656. The standard InChI is InChI=1S/C16H16BrCl2NO/c1-3-20-10(2)11-4-5-16(15(17)6-11)21-14-8-12(18)7-13(19)9-14/h4-10,20H,3H2,1-2H3. The summed E-state index contributed by atoms with van der Waals surface area (Å²) in [6, 6.07) is 11.5. The van der Waals surface area contributed by atoms with Crippen molar-refractivity contribution in [1.29, 1.82) is 0 Å². The molecule has 0 spiro atoms. The van der Waals surface area contributed by atoms with E-state index in [4.69, 9.17) is 27.9 Å². The molecule has 112 valence electrons. The zero-order chi connectivity index (χ0) is 15.4. The molecule has 5 heteroatoms. The van der Waals surface area contributed by atoms with Gasteiger partial charge in [0.15, 0.2) is 0 Å². The average molecular weight is 389 g/mol. The molecule has 0 saturated heterocycles. The van der Waals surface area contributed by atoms with Crippen LogP contribution in [0, 0.1) is 0 Å².